The van der Waals surface area contributed by atoms with Crippen LogP contribution in [0.4, 0.5) is 4.79 Å². The van der Waals surface area contributed by atoms with Crippen LogP contribution in [0, 0.1) is 0 Å². The summed E-state index contributed by atoms with van der Waals surface area (Å²) >= 11 is 0. The first kappa shape index (κ1) is 20.2. The normalized spacial score (nSPS) is 20.3. The molecule has 1 aliphatic rings. The number of aliphatic carboxylic acids is 1. The maximum Gasteiger partial charge on any atom is 0.317 e. The largest absolute Gasteiger partial charge is 0.480 e. The number of urea groups is 1. The zero-order valence-corrected chi connectivity index (χ0v) is 15.2. The number of likely N-dealkylation sites (N-methyl/N-ethyl adjacent to an activating group) is 1. The summed E-state index contributed by atoms with van der Waals surface area (Å²) in [6.07, 6.45) is 2.82. The van der Waals surface area contributed by atoms with E-state index in [-0.39, 0.29) is 37.3 Å². The fourth-order valence-corrected chi connectivity index (χ4v) is 3.36. The monoisotopic (exact) mass is 363 g/mol. The molecule has 0 radical (unpaired) electrons. The van der Waals surface area contributed by atoms with Gasteiger partial charge >= 0.3 is 12.0 Å². The van der Waals surface area contributed by atoms with Gasteiger partial charge in [-0.2, -0.15) is 0 Å². The molecule has 144 valence electrons. The second-order valence-corrected chi connectivity index (χ2v) is 6.73. The molecule has 1 unspecified atom stereocenters. The molecule has 1 aromatic carbocycles. The van der Waals surface area contributed by atoms with E-state index >= 15 is 0 Å². The number of rotatable bonds is 10. The molecule has 2 amide bonds. The number of nitrogens with one attached hydrogen (secondary N) is 2. The molecule has 0 aromatic heterocycles. The van der Waals surface area contributed by atoms with Crippen LogP contribution in [0.5, 0.6) is 0 Å². The van der Waals surface area contributed by atoms with Crippen molar-refractivity contribution < 1.29 is 19.8 Å². The van der Waals surface area contributed by atoms with Gasteiger partial charge in [0.15, 0.2) is 0 Å². The molecule has 1 fully saturated rings. The average molecular weight is 363 g/mol. The minimum atomic E-state index is -0.824. The first-order valence-electron chi connectivity index (χ1n) is 9.22. The topological polar surface area (TPSA) is 102 Å². The maximum atomic E-state index is 12.3. The molecule has 1 saturated carbocycles. The van der Waals surface area contributed by atoms with Gasteiger partial charge in [0.1, 0.15) is 0 Å². The molecule has 4 N–H and O–H groups in total. The quantitative estimate of drug-likeness (QED) is 0.507. The van der Waals surface area contributed by atoms with Crippen LogP contribution in [0.15, 0.2) is 30.3 Å². The van der Waals surface area contributed by atoms with E-state index in [4.69, 9.17) is 10.2 Å². The number of aliphatic hydroxyl groups excluding tert-OH is 1. The predicted molar refractivity (Wildman–Crippen MR) is 98.9 cm³/mol. The van der Waals surface area contributed by atoms with E-state index in [9.17, 15) is 9.59 Å². The van der Waals surface area contributed by atoms with Crippen LogP contribution in [0.1, 0.15) is 44.2 Å². The Hall–Kier alpha value is -2.12. The number of nitrogens with zero attached hydrogens (tertiary/aromatic N) is 1. The van der Waals surface area contributed by atoms with Gasteiger partial charge < -0.3 is 20.8 Å². The van der Waals surface area contributed by atoms with Gasteiger partial charge in [-0.25, -0.2) is 4.79 Å². The van der Waals surface area contributed by atoms with Gasteiger partial charge in [0, 0.05) is 18.7 Å². The molecule has 1 aliphatic carbocycles. The molecule has 0 saturated heterocycles. The Morgan fingerprint density at radius 1 is 1.27 bits per heavy atom. The van der Waals surface area contributed by atoms with Crippen molar-refractivity contribution in [1.82, 2.24) is 15.5 Å². The van der Waals surface area contributed by atoms with Crippen LogP contribution in [0.2, 0.25) is 0 Å². The molecular weight excluding hydrogens is 334 g/mol. The Balaban J connectivity index is 1.81. The lowest BCUT2D eigenvalue weighted by Gasteiger charge is -2.42. The number of carbonyl (C=O) groups excluding carboxylic acids is 1. The van der Waals surface area contributed by atoms with Crippen LogP contribution in [-0.2, 0) is 4.79 Å². The van der Waals surface area contributed by atoms with Crippen molar-refractivity contribution >= 4 is 12.0 Å². The van der Waals surface area contributed by atoms with Crippen molar-refractivity contribution in [2.45, 2.75) is 50.7 Å². The molecule has 0 aliphatic heterocycles. The molecule has 7 nitrogen and oxygen atoms in total. The predicted octanol–water partition coefficient (Wildman–Crippen LogP) is 1.74. The van der Waals surface area contributed by atoms with Crippen molar-refractivity contribution in [1.29, 1.82) is 0 Å². The van der Waals surface area contributed by atoms with Gasteiger partial charge in [-0.05, 0) is 37.8 Å². The SMILES string of the molecule is CCN(CC(=O)O)C1CC(NC(=O)NC(CCCO)c2ccccc2)C1. The van der Waals surface area contributed by atoms with Crippen LogP contribution >= 0.6 is 0 Å². The first-order valence-corrected chi connectivity index (χ1v) is 9.22. The summed E-state index contributed by atoms with van der Waals surface area (Å²) in [7, 11) is 0. The summed E-state index contributed by atoms with van der Waals surface area (Å²) in [5, 5.41) is 24.0. The molecule has 26 heavy (non-hydrogen) atoms. The molecular formula is C19H29N3O4. The molecule has 0 spiro atoms. The van der Waals surface area contributed by atoms with Crippen molar-refractivity contribution in [2.75, 3.05) is 19.7 Å². The van der Waals surface area contributed by atoms with E-state index in [1.807, 2.05) is 42.2 Å². The third-order valence-electron chi connectivity index (χ3n) is 4.87. The van der Waals surface area contributed by atoms with Gasteiger partial charge in [-0.1, -0.05) is 37.3 Å². The highest BCUT2D eigenvalue weighted by Crippen LogP contribution is 2.26. The highest BCUT2D eigenvalue weighted by atomic mass is 16.4. The van der Waals surface area contributed by atoms with Crippen LogP contribution in [-0.4, -0.2) is 58.9 Å². The summed E-state index contributed by atoms with van der Waals surface area (Å²) in [6.45, 7) is 2.76. The van der Waals surface area contributed by atoms with Crippen LogP contribution in [0.3, 0.4) is 0 Å². The maximum absolute atomic E-state index is 12.3. The Labute approximate surface area is 154 Å². The minimum Gasteiger partial charge on any atom is -0.480 e. The standard InChI is InChI=1S/C19H29N3O4/c1-2-22(13-18(24)25)16-11-15(12-16)20-19(26)21-17(9-6-10-23)14-7-4-3-5-8-14/h3-5,7-8,15-17,23H,2,6,9-13H2,1H3,(H,24,25)(H2,20,21,26). The highest BCUT2D eigenvalue weighted by molar-refractivity contribution is 5.75. The number of hydrogen-bond acceptors (Lipinski definition) is 4. The Bertz CT molecular complexity index is 575. The molecule has 1 aromatic rings. The summed E-state index contributed by atoms with van der Waals surface area (Å²) < 4.78 is 0. The zero-order chi connectivity index (χ0) is 18.9. The Kier molecular flexibility index (Phi) is 7.87. The number of hydrogen-bond donors (Lipinski definition) is 4. The number of aliphatic hydroxyl groups is 1. The Morgan fingerprint density at radius 3 is 2.54 bits per heavy atom. The van der Waals surface area contributed by atoms with Gasteiger partial charge in [-0.3, -0.25) is 9.69 Å². The lowest BCUT2D eigenvalue weighted by Crippen LogP contribution is -2.56. The number of amides is 2. The lowest BCUT2D eigenvalue weighted by atomic mass is 9.85. The number of carboxylic acids is 1. The summed E-state index contributed by atoms with van der Waals surface area (Å²) in [4.78, 5) is 25.1. The van der Waals surface area contributed by atoms with Gasteiger partial charge in [0.25, 0.3) is 0 Å². The Morgan fingerprint density at radius 2 is 1.96 bits per heavy atom. The molecule has 0 bridgehead atoms. The molecule has 2 rings (SSSR count). The molecule has 1 atom stereocenters. The van der Waals surface area contributed by atoms with Crippen molar-refractivity contribution in [2.24, 2.45) is 0 Å². The van der Waals surface area contributed by atoms with Crippen LogP contribution < -0.4 is 10.6 Å². The van der Waals surface area contributed by atoms with Crippen molar-refractivity contribution in [3.05, 3.63) is 35.9 Å². The number of carboxylic acid groups (broad SMARTS) is 1. The van der Waals surface area contributed by atoms with Crippen LogP contribution in [0.25, 0.3) is 0 Å². The van der Waals surface area contributed by atoms with Gasteiger partial charge in [-0.15, -0.1) is 0 Å². The third kappa shape index (κ3) is 6.00. The molecule has 7 heteroatoms. The fraction of sp³-hybridized carbons (Fsp3) is 0.579. The van der Waals surface area contributed by atoms with Gasteiger partial charge in [0.2, 0.25) is 0 Å². The van der Waals surface area contributed by atoms with Gasteiger partial charge in [0.05, 0.1) is 12.6 Å². The van der Waals surface area contributed by atoms with E-state index in [0.717, 1.165) is 18.4 Å². The smallest absolute Gasteiger partial charge is 0.317 e. The first-order chi connectivity index (χ1) is 12.5. The number of carbonyl (C=O) groups is 2. The van der Waals surface area contributed by atoms with E-state index in [2.05, 4.69) is 10.6 Å². The summed E-state index contributed by atoms with van der Waals surface area (Å²) in [5.41, 5.74) is 1.02. The summed E-state index contributed by atoms with van der Waals surface area (Å²) in [6, 6.07) is 9.63. The fourth-order valence-electron chi connectivity index (χ4n) is 3.36. The average Bonchev–Trinajstić information content (AvgIpc) is 2.60. The number of benzene rings is 1. The van der Waals surface area contributed by atoms with Crippen molar-refractivity contribution in [3.8, 4) is 0 Å². The third-order valence-corrected chi connectivity index (χ3v) is 4.87. The highest BCUT2D eigenvalue weighted by Gasteiger charge is 2.34. The zero-order valence-electron chi connectivity index (χ0n) is 15.2. The van der Waals surface area contributed by atoms with E-state index < -0.39 is 5.97 Å². The second kappa shape index (κ2) is 10.1. The minimum absolute atomic E-state index is 0.0390. The summed E-state index contributed by atoms with van der Waals surface area (Å²) in [5.74, 6) is -0.824. The van der Waals surface area contributed by atoms with E-state index in [0.29, 0.717) is 19.4 Å². The lowest BCUT2D eigenvalue weighted by molar-refractivity contribution is -0.139. The molecule has 0 heterocycles. The van der Waals surface area contributed by atoms with Crippen molar-refractivity contribution in [3.63, 3.8) is 0 Å². The second-order valence-electron chi connectivity index (χ2n) is 6.73. The van der Waals surface area contributed by atoms with E-state index in [1.165, 1.54) is 0 Å². The van der Waals surface area contributed by atoms with E-state index in [1.54, 1.807) is 0 Å².